The number of benzene rings is 1. The molecule has 0 aliphatic heterocycles. The highest BCUT2D eigenvalue weighted by Gasteiger charge is 2.11. The zero-order valence-corrected chi connectivity index (χ0v) is 11.6. The number of hydrogen-bond acceptors (Lipinski definition) is 5. The minimum absolute atomic E-state index is 0.152. The molecule has 1 heterocycles. The minimum atomic E-state index is -0.371. The van der Waals surface area contributed by atoms with E-state index in [-0.39, 0.29) is 12.1 Å². The quantitative estimate of drug-likeness (QED) is 0.647. The summed E-state index contributed by atoms with van der Waals surface area (Å²) < 4.78 is 10.3. The molecule has 5 heteroatoms. The number of nitrogens with two attached hydrogens (primary N) is 1. The molecule has 0 bridgehead atoms. The van der Waals surface area contributed by atoms with Crippen LogP contribution in [0.1, 0.15) is 30.0 Å². The number of hydrogen-bond donors (Lipinski definition) is 2. The van der Waals surface area contributed by atoms with Crippen LogP contribution in [-0.2, 0) is 11.3 Å². The maximum atomic E-state index is 11.8. The Bertz CT molecular complexity index is 577. The van der Waals surface area contributed by atoms with Gasteiger partial charge in [-0.15, -0.1) is 0 Å². The lowest BCUT2D eigenvalue weighted by Crippen LogP contribution is -2.12. The first-order chi connectivity index (χ1) is 9.56. The summed E-state index contributed by atoms with van der Waals surface area (Å²) in [6.07, 6.45) is 1.46. The van der Waals surface area contributed by atoms with E-state index >= 15 is 0 Å². The van der Waals surface area contributed by atoms with Gasteiger partial charge in [0.2, 0.25) is 0 Å². The normalized spacial score (nSPS) is 10.6. The molecule has 0 aliphatic rings. The van der Waals surface area contributed by atoms with Gasteiger partial charge in [-0.2, -0.15) is 0 Å². The molecule has 0 atom stereocenters. The summed E-state index contributed by atoms with van der Waals surface area (Å²) in [6, 6.07) is 8.75. The average Bonchev–Trinajstić information content (AvgIpc) is 2.89. The van der Waals surface area contributed by atoms with E-state index in [1.165, 1.54) is 0 Å². The second-order valence-corrected chi connectivity index (χ2v) is 4.69. The van der Waals surface area contributed by atoms with Crippen molar-refractivity contribution < 1.29 is 13.9 Å². The van der Waals surface area contributed by atoms with Crippen LogP contribution in [-0.4, -0.2) is 12.1 Å². The molecule has 1 aromatic carbocycles. The van der Waals surface area contributed by atoms with Gasteiger partial charge in [0, 0.05) is 0 Å². The SMILES string of the molecule is CC(C)OC(=O)c1ccc(NCc2ccco2)c(N)c1. The molecule has 20 heavy (non-hydrogen) atoms. The van der Waals surface area contributed by atoms with Gasteiger partial charge in [-0.25, -0.2) is 4.79 Å². The number of anilines is 2. The number of carbonyl (C=O) groups excluding carboxylic acids is 1. The van der Waals surface area contributed by atoms with Crippen molar-refractivity contribution in [2.45, 2.75) is 26.5 Å². The highest BCUT2D eigenvalue weighted by atomic mass is 16.5. The first-order valence-electron chi connectivity index (χ1n) is 6.43. The standard InChI is InChI=1S/C15H18N2O3/c1-10(2)20-15(18)11-5-6-14(13(16)8-11)17-9-12-4-3-7-19-12/h3-8,10,17H,9,16H2,1-2H3. The van der Waals surface area contributed by atoms with Crippen molar-refractivity contribution in [2.75, 3.05) is 11.1 Å². The first kappa shape index (κ1) is 14.0. The highest BCUT2D eigenvalue weighted by Crippen LogP contribution is 2.21. The van der Waals surface area contributed by atoms with Gasteiger partial charge in [0.1, 0.15) is 5.76 Å². The fraction of sp³-hybridized carbons (Fsp3) is 0.267. The molecule has 0 saturated heterocycles. The lowest BCUT2D eigenvalue weighted by Gasteiger charge is -2.11. The van der Waals surface area contributed by atoms with E-state index in [9.17, 15) is 4.79 Å². The largest absolute Gasteiger partial charge is 0.467 e. The van der Waals surface area contributed by atoms with Gasteiger partial charge >= 0.3 is 5.97 Å². The fourth-order valence-corrected chi connectivity index (χ4v) is 1.73. The Balaban J connectivity index is 2.04. The number of esters is 1. The van der Waals surface area contributed by atoms with Crippen LogP contribution in [0.15, 0.2) is 41.0 Å². The molecule has 0 saturated carbocycles. The molecule has 0 unspecified atom stereocenters. The Morgan fingerprint density at radius 1 is 1.40 bits per heavy atom. The number of nitrogen functional groups attached to an aromatic ring is 1. The molecular weight excluding hydrogens is 256 g/mol. The van der Waals surface area contributed by atoms with Crippen LogP contribution in [0.5, 0.6) is 0 Å². The molecule has 0 amide bonds. The average molecular weight is 274 g/mol. The smallest absolute Gasteiger partial charge is 0.338 e. The van der Waals surface area contributed by atoms with Gasteiger partial charge in [0.15, 0.2) is 0 Å². The number of furan rings is 1. The molecule has 2 rings (SSSR count). The van der Waals surface area contributed by atoms with E-state index in [1.807, 2.05) is 12.1 Å². The zero-order chi connectivity index (χ0) is 14.5. The third-order valence-corrected chi connectivity index (χ3v) is 2.66. The van der Waals surface area contributed by atoms with Gasteiger partial charge in [-0.1, -0.05) is 0 Å². The maximum Gasteiger partial charge on any atom is 0.338 e. The summed E-state index contributed by atoms with van der Waals surface area (Å²) in [5, 5.41) is 3.15. The predicted octanol–water partition coefficient (Wildman–Crippen LogP) is 3.04. The molecule has 1 aromatic heterocycles. The van der Waals surface area contributed by atoms with Crippen LogP contribution in [0.2, 0.25) is 0 Å². The van der Waals surface area contributed by atoms with Gasteiger partial charge in [-0.05, 0) is 44.2 Å². The molecule has 0 spiro atoms. The van der Waals surface area contributed by atoms with Crippen molar-refractivity contribution in [3.8, 4) is 0 Å². The second kappa shape index (κ2) is 6.14. The number of nitrogens with one attached hydrogen (secondary N) is 1. The van der Waals surface area contributed by atoms with E-state index in [2.05, 4.69) is 5.32 Å². The summed E-state index contributed by atoms with van der Waals surface area (Å²) >= 11 is 0. The molecule has 2 aromatic rings. The van der Waals surface area contributed by atoms with Gasteiger partial charge in [0.05, 0.1) is 35.9 Å². The summed E-state index contributed by atoms with van der Waals surface area (Å²) in [7, 11) is 0. The van der Waals surface area contributed by atoms with Crippen LogP contribution in [0, 0.1) is 0 Å². The Morgan fingerprint density at radius 3 is 2.80 bits per heavy atom. The van der Waals surface area contributed by atoms with E-state index in [4.69, 9.17) is 14.9 Å². The molecular formula is C15H18N2O3. The van der Waals surface area contributed by atoms with E-state index in [0.29, 0.717) is 17.8 Å². The first-order valence-corrected chi connectivity index (χ1v) is 6.43. The molecule has 106 valence electrons. The number of ether oxygens (including phenoxy) is 1. The Morgan fingerprint density at radius 2 is 2.20 bits per heavy atom. The third-order valence-electron chi connectivity index (χ3n) is 2.66. The summed E-state index contributed by atoms with van der Waals surface area (Å²) in [4.78, 5) is 11.8. The highest BCUT2D eigenvalue weighted by molar-refractivity contribution is 5.92. The topological polar surface area (TPSA) is 77.5 Å². The maximum absolute atomic E-state index is 11.8. The second-order valence-electron chi connectivity index (χ2n) is 4.69. The van der Waals surface area contributed by atoms with Crippen LogP contribution < -0.4 is 11.1 Å². The van der Waals surface area contributed by atoms with Gasteiger partial charge in [-0.3, -0.25) is 0 Å². The summed E-state index contributed by atoms with van der Waals surface area (Å²) in [5.74, 6) is 0.442. The minimum Gasteiger partial charge on any atom is -0.467 e. The molecule has 5 nitrogen and oxygen atoms in total. The van der Waals surface area contributed by atoms with Gasteiger partial charge in [0.25, 0.3) is 0 Å². The predicted molar refractivity (Wildman–Crippen MR) is 77.4 cm³/mol. The third kappa shape index (κ3) is 3.54. The van der Waals surface area contributed by atoms with E-state index in [0.717, 1.165) is 11.4 Å². The molecule has 0 radical (unpaired) electrons. The summed E-state index contributed by atoms with van der Waals surface area (Å²) in [6.45, 7) is 4.15. The number of carbonyl (C=O) groups is 1. The van der Waals surface area contributed by atoms with Crippen LogP contribution in [0.25, 0.3) is 0 Å². The number of rotatable bonds is 5. The zero-order valence-electron chi connectivity index (χ0n) is 11.6. The van der Waals surface area contributed by atoms with Crippen molar-refractivity contribution in [1.29, 1.82) is 0 Å². The van der Waals surface area contributed by atoms with E-state index in [1.54, 1.807) is 38.3 Å². The van der Waals surface area contributed by atoms with Crippen LogP contribution in [0.4, 0.5) is 11.4 Å². The Hall–Kier alpha value is -2.43. The molecule has 3 N–H and O–H groups in total. The summed E-state index contributed by atoms with van der Waals surface area (Å²) in [5.41, 5.74) is 7.62. The monoisotopic (exact) mass is 274 g/mol. The van der Waals surface area contributed by atoms with Crippen molar-refractivity contribution in [1.82, 2.24) is 0 Å². The lowest BCUT2D eigenvalue weighted by atomic mass is 10.1. The van der Waals surface area contributed by atoms with Crippen molar-refractivity contribution in [2.24, 2.45) is 0 Å². The lowest BCUT2D eigenvalue weighted by molar-refractivity contribution is 0.0378. The van der Waals surface area contributed by atoms with Crippen molar-refractivity contribution >= 4 is 17.3 Å². The Labute approximate surface area is 117 Å². The molecule has 0 fully saturated rings. The molecule has 0 aliphatic carbocycles. The van der Waals surface area contributed by atoms with Crippen molar-refractivity contribution in [3.05, 3.63) is 47.9 Å². The van der Waals surface area contributed by atoms with Crippen LogP contribution in [0.3, 0.4) is 0 Å². The van der Waals surface area contributed by atoms with Crippen LogP contribution >= 0.6 is 0 Å². The van der Waals surface area contributed by atoms with Crippen molar-refractivity contribution in [3.63, 3.8) is 0 Å². The van der Waals surface area contributed by atoms with Gasteiger partial charge < -0.3 is 20.2 Å². The fourth-order valence-electron chi connectivity index (χ4n) is 1.73. The van der Waals surface area contributed by atoms with E-state index < -0.39 is 0 Å². The Kier molecular flexibility index (Phi) is 4.30.